The van der Waals surface area contributed by atoms with Crippen LogP contribution >= 0.6 is 0 Å². The lowest BCUT2D eigenvalue weighted by Crippen LogP contribution is -2.48. The maximum atomic E-state index is 14.7. The highest BCUT2D eigenvalue weighted by molar-refractivity contribution is 5.67. The van der Waals surface area contributed by atoms with Crippen LogP contribution < -0.4 is 16.0 Å². The lowest BCUT2D eigenvalue weighted by atomic mass is 9.90. The number of carbonyl (C=O) groups is 1. The molecule has 0 bridgehead atoms. The molecule has 0 spiro atoms. The fourth-order valence-electron chi connectivity index (χ4n) is 3.89. The summed E-state index contributed by atoms with van der Waals surface area (Å²) >= 11 is 0. The molecule has 1 aliphatic rings. The van der Waals surface area contributed by atoms with Gasteiger partial charge in [0, 0.05) is 12.2 Å². The van der Waals surface area contributed by atoms with E-state index in [1.165, 1.54) is 0 Å². The summed E-state index contributed by atoms with van der Waals surface area (Å²) in [6, 6.07) is 4.17. The zero-order chi connectivity index (χ0) is 23.4. The van der Waals surface area contributed by atoms with Crippen LogP contribution in [0.3, 0.4) is 0 Å². The standard InChI is InChI=1S/C22H23FN8O2/c1-13-9-26-31(12-13)16-7-15(10-25-11-16)27-20-14(8-24)6-17(23)21(30-20)28-18-4-2-3-5-19(18)29-22(32)33/h6-7,9-12,18-19,29H,2-5H2,1H3,(H,32,33)(H2,27,28,30)/t18-,19+/m1/s1. The van der Waals surface area contributed by atoms with E-state index in [4.69, 9.17) is 5.11 Å². The average Bonchev–Trinajstić information content (AvgIpc) is 3.23. The van der Waals surface area contributed by atoms with Gasteiger partial charge in [0.15, 0.2) is 17.5 Å². The van der Waals surface area contributed by atoms with Crippen LogP contribution in [-0.2, 0) is 0 Å². The molecule has 10 nitrogen and oxygen atoms in total. The molecule has 33 heavy (non-hydrogen) atoms. The van der Waals surface area contributed by atoms with Crippen LogP contribution in [0.15, 0.2) is 36.9 Å². The number of nitrogens with zero attached hydrogens (tertiary/aromatic N) is 5. The van der Waals surface area contributed by atoms with E-state index in [1.807, 2.05) is 19.2 Å². The van der Waals surface area contributed by atoms with Gasteiger partial charge < -0.3 is 21.1 Å². The molecular weight excluding hydrogens is 427 g/mol. The van der Waals surface area contributed by atoms with Crippen molar-refractivity contribution in [2.24, 2.45) is 0 Å². The molecule has 1 aliphatic carbocycles. The Morgan fingerprint density at radius 2 is 2.00 bits per heavy atom. The minimum absolute atomic E-state index is 0.0299. The molecule has 3 aromatic heterocycles. The summed E-state index contributed by atoms with van der Waals surface area (Å²) in [4.78, 5) is 19.6. The summed E-state index contributed by atoms with van der Waals surface area (Å²) in [6.07, 6.45) is 8.77. The molecule has 0 aromatic carbocycles. The predicted octanol–water partition coefficient (Wildman–Crippen LogP) is 3.72. The minimum Gasteiger partial charge on any atom is -0.465 e. The van der Waals surface area contributed by atoms with Crippen LogP contribution in [0, 0.1) is 24.1 Å². The van der Waals surface area contributed by atoms with Gasteiger partial charge in [-0.15, -0.1) is 0 Å². The van der Waals surface area contributed by atoms with Gasteiger partial charge in [0.05, 0.1) is 41.6 Å². The number of pyridine rings is 2. The Bertz CT molecular complexity index is 1210. The molecule has 1 saturated carbocycles. The van der Waals surface area contributed by atoms with Crippen molar-refractivity contribution in [3.8, 4) is 11.8 Å². The van der Waals surface area contributed by atoms with Crippen LogP contribution in [0.25, 0.3) is 5.69 Å². The number of aromatic nitrogens is 4. The van der Waals surface area contributed by atoms with Crippen molar-refractivity contribution in [2.45, 2.75) is 44.7 Å². The van der Waals surface area contributed by atoms with Crippen LogP contribution in [-0.4, -0.2) is 43.0 Å². The summed E-state index contributed by atoms with van der Waals surface area (Å²) in [7, 11) is 0. The third-order valence-corrected chi connectivity index (χ3v) is 5.46. The molecule has 0 radical (unpaired) electrons. The summed E-state index contributed by atoms with van der Waals surface area (Å²) in [5.41, 5.74) is 2.28. The Morgan fingerprint density at radius 3 is 2.70 bits per heavy atom. The van der Waals surface area contributed by atoms with Crippen LogP contribution in [0.2, 0.25) is 0 Å². The van der Waals surface area contributed by atoms with Gasteiger partial charge >= 0.3 is 6.09 Å². The summed E-state index contributed by atoms with van der Waals surface area (Å²) in [6.45, 7) is 1.93. The van der Waals surface area contributed by atoms with Crippen molar-refractivity contribution < 1.29 is 14.3 Å². The molecule has 0 saturated heterocycles. The van der Waals surface area contributed by atoms with E-state index in [1.54, 1.807) is 29.3 Å². The highest BCUT2D eigenvalue weighted by atomic mass is 19.1. The molecule has 11 heteroatoms. The van der Waals surface area contributed by atoms with Crippen LogP contribution in [0.5, 0.6) is 0 Å². The third kappa shape index (κ3) is 5.17. The normalized spacial score (nSPS) is 17.7. The quantitative estimate of drug-likeness (QED) is 0.445. The summed E-state index contributed by atoms with van der Waals surface area (Å²) in [5.74, 6) is -0.571. The topological polar surface area (TPSA) is 141 Å². The molecule has 3 aromatic rings. The Kier molecular flexibility index (Phi) is 6.35. The molecule has 170 valence electrons. The maximum Gasteiger partial charge on any atom is 0.404 e. The molecular formula is C22H23FN8O2. The van der Waals surface area contributed by atoms with Crippen LogP contribution in [0.1, 0.15) is 36.8 Å². The van der Waals surface area contributed by atoms with E-state index in [0.29, 0.717) is 24.2 Å². The lowest BCUT2D eigenvalue weighted by Gasteiger charge is -2.32. The zero-order valence-electron chi connectivity index (χ0n) is 17.9. The van der Waals surface area contributed by atoms with Crippen molar-refractivity contribution >= 4 is 23.4 Å². The first-order chi connectivity index (χ1) is 15.9. The fourth-order valence-corrected chi connectivity index (χ4v) is 3.89. The van der Waals surface area contributed by atoms with E-state index < -0.39 is 11.9 Å². The first-order valence-electron chi connectivity index (χ1n) is 10.5. The van der Waals surface area contributed by atoms with E-state index in [0.717, 1.165) is 24.5 Å². The van der Waals surface area contributed by atoms with Crippen molar-refractivity contribution in [2.75, 3.05) is 10.6 Å². The van der Waals surface area contributed by atoms with Crippen molar-refractivity contribution in [1.29, 1.82) is 5.26 Å². The van der Waals surface area contributed by atoms with Gasteiger partial charge in [-0.05, 0) is 37.5 Å². The Balaban J connectivity index is 1.60. The second kappa shape index (κ2) is 9.52. The number of rotatable bonds is 6. The summed E-state index contributed by atoms with van der Waals surface area (Å²) in [5, 5.41) is 31.4. The molecule has 4 rings (SSSR count). The van der Waals surface area contributed by atoms with Crippen molar-refractivity contribution in [3.05, 3.63) is 53.9 Å². The molecule has 0 aliphatic heterocycles. The number of amides is 1. The lowest BCUT2D eigenvalue weighted by molar-refractivity contribution is 0.184. The predicted molar refractivity (Wildman–Crippen MR) is 119 cm³/mol. The van der Waals surface area contributed by atoms with Gasteiger partial charge in [0.25, 0.3) is 0 Å². The molecule has 3 heterocycles. The molecule has 1 amide bonds. The van der Waals surface area contributed by atoms with Crippen LogP contribution in [0.4, 0.5) is 26.5 Å². The number of aryl methyl sites for hydroxylation is 1. The monoisotopic (exact) mass is 450 g/mol. The van der Waals surface area contributed by atoms with Gasteiger partial charge in [-0.2, -0.15) is 10.4 Å². The summed E-state index contributed by atoms with van der Waals surface area (Å²) < 4.78 is 16.4. The zero-order valence-corrected chi connectivity index (χ0v) is 17.9. The van der Waals surface area contributed by atoms with E-state index in [9.17, 15) is 14.4 Å². The number of nitriles is 1. The second-order valence-corrected chi connectivity index (χ2v) is 7.94. The number of halogens is 1. The number of hydrogen-bond acceptors (Lipinski definition) is 7. The highest BCUT2D eigenvalue weighted by Gasteiger charge is 2.28. The Hall–Kier alpha value is -4.20. The van der Waals surface area contributed by atoms with E-state index in [2.05, 4.69) is 31.0 Å². The third-order valence-electron chi connectivity index (χ3n) is 5.46. The largest absolute Gasteiger partial charge is 0.465 e. The smallest absolute Gasteiger partial charge is 0.404 e. The highest BCUT2D eigenvalue weighted by Crippen LogP contribution is 2.27. The second-order valence-electron chi connectivity index (χ2n) is 7.94. The van der Waals surface area contributed by atoms with Crippen molar-refractivity contribution in [3.63, 3.8) is 0 Å². The van der Waals surface area contributed by atoms with E-state index in [-0.39, 0.29) is 29.3 Å². The van der Waals surface area contributed by atoms with E-state index >= 15 is 0 Å². The Labute approximate surface area is 189 Å². The van der Waals surface area contributed by atoms with Gasteiger partial charge in [-0.3, -0.25) is 4.98 Å². The van der Waals surface area contributed by atoms with Gasteiger partial charge in [-0.25, -0.2) is 18.9 Å². The number of anilines is 3. The maximum absolute atomic E-state index is 14.7. The van der Waals surface area contributed by atoms with Gasteiger partial charge in [0.1, 0.15) is 6.07 Å². The molecule has 1 fully saturated rings. The van der Waals surface area contributed by atoms with Gasteiger partial charge in [-0.1, -0.05) is 12.8 Å². The average molecular weight is 450 g/mol. The SMILES string of the molecule is Cc1cnn(-c2cncc(Nc3nc(N[C@@H]4CCCC[C@@H]4NC(=O)O)c(F)cc3C#N)c2)c1. The number of nitrogens with one attached hydrogen (secondary N) is 3. The first-order valence-corrected chi connectivity index (χ1v) is 10.5. The molecule has 4 N–H and O–H groups in total. The van der Waals surface area contributed by atoms with Gasteiger partial charge in [0.2, 0.25) is 0 Å². The first kappa shape index (κ1) is 22.0. The van der Waals surface area contributed by atoms with Crippen molar-refractivity contribution in [1.82, 2.24) is 25.1 Å². The number of carboxylic acid groups (broad SMARTS) is 1. The molecule has 2 atom stereocenters. The molecule has 0 unspecified atom stereocenters. The minimum atomic E-state index is -1.12. The fraction of sp³-hybridized carbons (Fsp3) is 0.318. The number of hydrogen-bond donors (Lipinski definition) is 4. The Morgan fingerprint density at radius 1 is 1.21 bits per heavy atom.